The quantitative estimate of drug-likeness (QED) is 0.717. The maximum atomic E-state index is 12.1. The number of ketones is 1. The first-order valence-corrected chi connectivity index (χ1v) is 6.72. The first-order chi connectivity index (χ1) is 9.00. The van der Waals surface area contributed by atoms with Gasteiger partial charge in [0.1, 0.15) is 5.69 Å². The van der Waals surface area contributed by atoms with Crippen LogP contribution in [0, 0.1) is 13.8 Å². The number of aromatic amines is 1. The first-order valence-electron chi connectivity index (χ1n) is 6.72. The van der Waals surface area contributed by atoms with Gasteiger partial charge in [-0.05, 0) is 45.7 Å². The van der Waals surface area contributed by atoms with Crippen molar-refractivity contribution in [2.24, 2.45) is 0 Å². The summed E-state index contributed by atoms with van der Waals surface area (Å²) in [5, 5.41) is 6.25. The lowest BCUT2D eigenvalue weighted by Gasteiger charge is -2.11. The second-order valence-electron chi connectivity index (χ2n) is 5.18. The molecule has 5 heteroatoms. The van der Waals surface area contributed by atoms with E-state index in [2.05, 4.69) is 15.6 Å². The largest absolute Gasteiger partial charge is 0.354 e. The van der Waals surface area contributed by atoms with Crippen LogP contribution in [-0.2, 0) is 0 Å². The lowest BCUT2D eigenvalue weighted by atomic mass is 10.1. The van der Waals surface area contributed by atoms with E-state index < -0.39 is 0 Å². The molecular formula is C14H21N3O2. The number of hydrogen-bond donors (Lipinski definition) is 3. The Morgan fingerprint density at radius 1 is 1.37 bits per heavy atom. The van der Waals surface area contributed by atoms with Crippen LogP contribution in [0.1, 0.15) is 51.9 Å². The van der Waals surface area contributed by atoms with Gasteiger partial charge >= 0.3 is 0 Å². The van der Waals surface area contributed by atoms with E-state index >= 15 is 0 Å². The van der Waals surface area contributed by atoms with Crippen LogP contribution in [0.5, 0.6) is 0 Å². The second-order valence-corrected chi connectivity index (χ2v) is 5.18. The van der Waals surface area contributed by atoms with Crippen molar-refractivity contribution in [3.8, 4) is 0 Å². The van der Waals surface area contributed by atoms with Crippen LogP contribution in [0.25, 0.3) is 0 Å². The summed E-state index contributed by atoms with van der Waals surface area (Å²) >= 11 is 0. The van der Waals surface area contributed by atoms with Crippen LogP contribution in [0.15, 0.2) is 0 Å². The fourth-order valence-corrected chi connectivity index (χ4v) is 2.74. The number of carbonyl (C=O) groups excluding carboxylic acids is 2. The zero-order valence-corrected chi connectivity index (χ0v) is 11.7. The van der Waals surface area contributed by atoms with E-state index in [-0.39, 0.29) is 11.7 Å². The summed E-state index contributed by atoms with van der Waals surface area (Å²) in [6.45, 7) is 6.80. The third kappa shape index (κ3) is 2.87. The summed E-state index contributed by atoms with van der Waals surface area (Å²) < 4.78 is 0. The van der Waals surface area contributed by atoms with Crippen LogP contribution in [0.3, 0.4) is 0 Å². The van der Waals surface area contributed by atoms with Crippen LogP contribution in [-0.4, -0.2) is 35.8 Å². The van der Waals surface area contributed by atoms with Gasteiger partial charge in [0, 0.05) is 23.8 Å². The normalized spacial score (nSPS) is 18.6. The van der Waals surface area contributed by atoms with Gasteiger partial charge in [-0.2, -0.15) is 0 Å². The van der Waals surface area contributed by atoms with Crippen molar-refractivity contribution in [2.45, 2.75) is 39.7 Å². The molecule has 1 aromatic rings. The summed E-state index contributed by atoms with van der Waals surface area (Å²) in [6, 6.07) is 0.368. The van der Waals surface area contributed by atoms with Gasteiger partial charge in [0.25, 0.3) is 5.91 Å². The van der Waals surface area contributed by atoms with Crippen molar-refractivity contribution >= 4 is 11.7 Å². The molecule has 1 unspecified atom stereocenters. The van der Waals surface area contributed by atoms with Gasteiger partial charge < -0.3 is 15.6 Å². The van der Waals surface area contributed by atoms with Crippen LogP contribution >= 0.6 is 0 Å². The topological polar surface area (TPSA) is 74.0 Å². The number of rotatable bonds is 4. The number of Topliss-reactive ketones (excluding diaryl/α,β-unsaturated/α-hetero) is 1. The van der Waals surface area contributed by atoms with Gasteiger partial charge in [-0.1, -0.05) is 0 Å². The molecule has 0 aromatic carbocycles. The highest BCUT2D eigenvalue weighted by atomic mass is 16.2. The molecule has 0 saturated carbocycles. The Morgan fingerprint density at radius 2 is 2.11 bits per heavy atom. The lowest BCUT2D eigenvalue weighted by Crippen LogP contribution is -2.37. The average Bonchev–Trinajstić information content (AvgIpc) is 2.94. The number of amides is 1. The molecule has 2 rings (SSSR count). The maximum Gasteiger partial charge on any atom is 0.268 e. The minimum atomic E-state index is -0.137. The SMILES string of the molecule is CC(=O)c1c(C)[nH]c(C(=O)NCC2CCCN2)c1C. The van der Waals surface area contributed by atoms with Gasteiger partial charge in [0.15, 0.2) is 5.78 Å². The molecule has 0 spiro atoms. The van der Waals surface area contributed by atoms with E-state index in [1.807, 2.05) is 13.8 Å². The van der Waals surface area contributed by atoms with Crippen LogP contribution in [0.2, 0.25) is 0 Å². The van der Waals surface area contributed by atoms with Crippen LogP contribution < -0.4 is 10.6 Å². The van der Waals surface area contributed by atoms with E-state index in [1.54, 1.807) is 0 Å². The van der Waals surface area contributed by atoms with Crippen molar-refractivity contribution in [3.05, 3.63) is 22.5 Å². The molecular weight excluding hydrogens is 242 g/mol. The molecule has 3 N–H and O–H groups in total. The monoisotopic (exact) mass is 263 g/mol. The third-order valence-electron chi connectivity index (χ3n) is 3.69. The maximum absolute atomic E-state index is 12.1. The highest BCUT2D eigenvalue weighted by Gasteiger charge is 2.21. The zero-order valence-electron chi connectivity index (χ0n) is 11.7. The number of aryl methyl sites for hydroxylation is 1. The summed E-state index contributed by atoms with van der Waals surface area (Å²) in [4.78, 5) is 26.7. The van der Waals surface area contributed by atoms with E-state index in [0.717, 1.165) is 30.6 Å². The molecule has 1 aromatic heterocycles. The van der Waals surface area contributed by atoms with E-state index in [9.17, 15) is 9.59 Å². The number of hydrogen-bond acceptors (Lipinski definition) is 3. The Bertz CT molecular complexity index is 499. The van der Waals surface area contributed by atoms with Crippen molar-refractivity contribution < 1.29 is 9.59 Å². The molecule has 1 saturated heterocycles. The van der Waals surface area contributed by atoms with Crippen LogP contribution in [0.4, 0.5) is 0 Å². The molecule has 104 valence electrons. The fourth-order valence-electron chi connectivity index (χ4n) is 2.74. The summed E-state index contributed by atoms with van der Waals surface area (Å²) in [7, 11) is 0. The standard InChI is InChI=1S/C14H21N3O2/c1-8-12(10(3)18)9(2)17-13(8)14(19)16-7-11-5-4-6-15-11/h11,15,17H,4-7H2,1-3H3,(H,16,19). The van der Waals surface area contributed by atoms with Gasteiger partial charge in [-0.3, -0.25) is 9.59 Å². The lowest BCUT2D eigenvalue weighted by molar-refractivity contribution is 0.0945. The van der Waals surface area contributed by atoms with Gasteiger partial charge in [-0.25, -0.2) is 0 Å². The Morgan fingerprint density at radius 3 is 2.63 bits per heavy atom. The summed E-state index contributed by atoms with van der Waals surface area (Å²) in [5.41, 5.74) is 2.63. The number of carbonyl (C=O) groups is 2. The Hall–Kier alpha value is -1.62. The first kappa shape index (κ1) is 13.8. The van der Waals surface area contributed by atoms with E-state index in [0.29, 0.717) is 23.8 Å². The van der Waals surface area contributed by atoms with Crippen molar-refractivity contribution in [1.82, 2.24) is 15.6 Å². The van der Waals surface area contributed by atoms with E-state index in [1.165, 1.54) is 6.92 Å². The predicted molar refractivity (Wildman–Crippen MR) is 73.6 cm³/mol. The molecule has 1 aliphatic rings. The molecule has 1 amide bonds. The molecule has 19 heavy (non-hydrogen) atoms. The summed E-state index contributed by atoms with van der Waals surface area (Å²) in [5.74, 6) is -0.149. The number of H-pyrrole nitrogens is 1. The van der Waals surface area contributed by atoms with Gasteiger partial charge in [-0.15, -0.1) is 0 Å². The van der Waals surface area contributed by atoms with Crippen molar-refractivity contribution in [3.63, 3.8) is 0 Å². The molecule has 1 atom stereocenters. The smallest absolute Gasteiger partial charge is 0.268 e. The Balaban J connectivity index is 2.06. The highest BCUT2D eigenvalue weighted by molar-refractivity contribution is 6.02. The molecule has 2 heterocycles. The Kier molecular flexibility index (Phi) is 4.04. The minimum Gasteiger partial charge on any atom is -0.354 e. The average molecular weight is 263 g/mol. The molecule has 0 radical (unpaired) electrons. The molecule has 1 aliphatic heterocycles. The minimum absolute atomic E-state index is 0.0113. The number of nitrogens with one attached hydrogen (secondary N) is 3. The van der Waals surface area contributed by atoms with Gasteiger partial charge in [0.05, 0.1) is 0 Å². The Labute approximate surface area is 113 Å². The third-order valence-corrected chi connectivity index (χ3v) is 3.69. The number of aromatic nitrogens is 1. The van der Waals surface area contributed by atoms with Crippen molar-refractivity contribution in [1.29, 1.82) is 0 Å². The molecule has 0 aliphatic carbocycles. The van der Waals surface area contributed by atoms with Crippen molar-refractivity contribution in [2.75, 3.05) is 13.1 Å². The second kappa shape index (κ2) is 5.57. The molecule has 0 bridgehead atoms. The van der Waals surface area contributed by atoms with E-state index in [4.69, 9.17) is 0 Å². The molecule has 1 fully saturated rings. The predicted octanol–water partition coefficient (Wildman–Crippen LogP) is 1.32. The molecule has 5 nitrogen and oxygen atoms in total. The van der Waals surface area contributed by atoms with Gasteiger partial charge in [0.2, 0.25) is 0 Å². The zero-order chi connectivity index (χ0) is 14.0. The highest BCUT2D eigenvalue weighted by Crippen LogP contribution is 2.18. The summed E-state index contributed by atoms with van der Waals surface area (Å²) in [6.07, 6.45) is 2.26. The fraction of sp³-hybridized carbons (Fsp3) is 0.571.